The zero-order valence-corrected chi connectivity index (χ0v) is 9.42. The van der Waals surface area contributed by atoms with Crippen molar-refractivity contribution in [1.82, 2.24) is 15.0 Å². The van der Waals surface area contributed by atoms with E-state index in [1.807, 2.05) is 24.3 Å². The molecule has 3 N–H and O–H groups in total. The van der Waals surface area contributed by atoms with Crippen LogP contribution >= 0.6 is 0 Å². The van der Waals surface area contributed by atoms with Gasteiger partial charge in [0.25, 0.3) is 0 Å². The SMILES string of the molecule is CC(=O)Nc1cccc(-n2cc(CN)nn2)c1. The van der Waals surface area contributed by atoms with Crippen molar-refractivity contribution in [2.24, 2.45) is 5.73 Å². The molecule has 1 heterocycles. The van der Waals surface area contributed by atoms with Gasteiger partial charge in [-0.05, 0) is 18.2 Å². The number of nitrogens with zero attached hydrogens (tertiary/aromatic N) is 3. The molecule has 0 atom stereocenters. The molecule has 0 saturated heterocycles. The fourth-order valence-electron chi connectivity index (χ4n) is 1.45. The highest BCUT2D eigenvalue weighted by atomic mass is 16.1. The lowest BCUT2D eigenvalue weighted by molar-refractivity contribution is -0.114. The molecule has 0 aliphatic rings. The molecule has 0 spiro atoms. The summed E-state index contributed by atoms with van der Waals surface area (Å²) in [6, 6.07) is 7.34. The smallest absolute Gasteiger partial charge is 0.221 e. The number of carbonyl (C=O) groups is 1. The molecule has 2 rings (SSSR count). The van der Waals surface area contributed by atoms with E-state index in [9.17, 15) is 4.79 Å². The quantitative estimate of drug-likeness (QED) is 0.813. The van der Waals surface area contributed by atoms with Gasteiger partial charge in [0.15, 0.2) is 0 Å². The maximum absolute atomic E-state index is 10.9. The lowest BCUT2D eigenvalue weighted by atomic mass is 10.2. The van der Waals surface area contributed by atoms with Crippen LogP contribution in [0.15, 0.2) is 30.5 Å². The number of carbonyl (C=O) groups excluding carboxylic acids is 1. The summed E-state index contributed by atoms with van der Waals surface area (Å²) in [7, 11) is 0. The monoisotopic (exact) mass is 231 g/mol. The van der Waals surface area contributed by atoms with Crippen LogP contribution in [-0.2, 0) is 11.3 Å². The van der Waals surface area contributed by atoms with Crippen LogP contribution in [0, 0.1) is 0 Å². The summed E-state index contributed by atoms with van der Waals surface area (Å²) in [5.41, 5.74) is 7.73. The third-order valence-corrected chi connectivity index (χ3v) is 2.18. The van der Waals surface area contributed by atoms with Crippen molar-refractivity contribution >= 4 is 11.6 Å². The molecule has 6 heteroatoms. The van der Waals surface area contributed by atoms with E-state index in [2.05, 4.69) is 15.6 Å². The van der Waals surface area contributed by atoms with Gasteiger partial charge in [0.2, 0.25) is 5.91 Å². The molecule has 0 radical (unpaired) electrons. The number of rotatable bonds is 3. The van der Waals surface area contributed by atoms with Gasteiger partial charge >= 0.3 is 0 Å². The van der Waals surface area contributed by atoms with Crippen LogP contribution in [0.25, 0.3) is 5.69 Å². The Labute approximate surface area is 98.4 Å². The maximum Gasteiger partial charge on any atom is 0.221 e. The van der Waals surface area contributed by atoms with Crippen LogP contribution < -0.4 is 11.1 Å². The lowest BCUT2D eigenvalue weighted by Gasteiger charge is -2.04. The van der Waals surface area contributed by atoms with Crippen molar-refractivity contribution in [2.75, 3.05) is 5.32 Å². The first-order chi connectivity index (χ1) is 8.19. The average molecular weight is 231 g/mol. The second kappa shape index (κ2) is 4.75. The van der Waals surface area contributed by atoms with E-state index in [4.69, 9.17) is 5.73 Å². The molecule has 0 fully saturated rings. The van der Waals surface area contributed by atoms with Crippen molar-refractivity contribution in [3.05, 3.63) is 36.2 Å². The Bertz CT molecular complexity index is 534. The van der Waals surface area contributed by atoms with Crippen LogP contribution in [0.3, 0.4) is 0 Å². The number of nitrogens with one attached hydrogen (secondary N) is 1. The van der Waals surface area contributed by atoms with E-state index in [0.717, 1.165) is 17.1 Å². The molecule has 0 saturated carbocycles. The molecule has 17 heavy (non-hydrogen) atoms. The number of hydrogen-bond donors (Lipinski definition) is 2. The summed E-state index contributed by atoms with van der Waals surface area (Å²) in [6.45, 7) is 1.82. The van der Waals surface area contributed by atoms with Gasteiger partial charge in [-0.1, -0.05) is 11.3 Å². The first-order valence-electron chi connectivity index (χ1n) is 5.18. The Morgan fingerprint density at radius 2 is 2.35 bits per heavy atom. The first kappa shape index (κ1) is 11.3. The van der Waals surface area contributed by atoms with Crippen molar-refractivity contribution in [3.8, 4) is 5.69 Å². The minimum Gasteiger partial charge on any atom is -0.326 e. The third-order valence-electron chi connectivity index (χ3n) is 2.18. The largest absolute Gasteiger partial charge is 0.326 e. The van der Waals surface area contributed by atoms with Gasteiger partial charge in [0, 0.05) is 19.2 Å². The van der Waals surface area contributed by atoms with E-state index in [0.29, 0.717) is 6.54 Å². The normalized spacial score (nSPS) is 10.2. The van der Waals surface area contributed by atoms with Gasteiger partial charge < -0.3 is 11.1 Å². The molecule has 0 aliphatic carbocycles. The topological polar surface area (TPSA) is 85.8 Å². The highest BCUT2D eigenvalue weighted by molar-refractivity contribution is 5.88. The number of anilines is 1. The molecule has 2 aromatic rings. The molecule has 6 nitrogen and oxygen atoms in total. The van der Waals surface area contributed by atoms with Crippen LogP contribution in [0.1, 0.15) is 12.6 Å². The van der Waals surface area contributed by atoms with E-state index >= 15 is 0 Å². The molecule has 1 aromatic carbocycles. The van der Waals surface area contributed by atoms with Crippen molar-refractivity contribution < 1.29 is 4.79 Å². The van der Waals surface area contributed by atoms with E-state index in [1.54, 1.807) is 10.9 Å². The summed E-state index contributed by atoms with van der Waals surface area (Å²) >= 11 is 0. The minimum absolute atomic E-state index is 0.108. The Hall–Kier alpha value is -2.21. The van der Waals surface area contributed by atoms with Crippen LogP contribution in [0.4, 0.5) is 5.69 Å². The summed E-state index contributed by atoms with van der Waals surface area (Å²) in [5, 5.41) is 10.6. The summed E-state index contributed by atoms with van der Waals surface area (Å²) < 4.78 is 1.62. The standard InChI is InChI=1S/C11H13N5O/c1-8(17)13-9-3-2-4-11(5-9)16-7-10(6-12)14-15-16/h2-5,7H,6,12H2,1H3,(H,13,17). The number of hydrogen-bond acceptors (Lipinski definition) is 4. The van der Waals surface area contributed by atoms with Gasteiger partial charge in [-0.15, -0.1) is 5.10 Å². The summed E-state index contributed by atoms with van der Waals surface area (Å²) in [6.07, 6.45) is 1.76. The molecule has 88 valence electrons. The second-order valence-corrected chi connectivity index (χ2v) is 3.59. The molecular weight excluding hydrogens is 218 g/mol. The zero-order chi connectivity index (χ0) is 12.3. The fourth-order valence-corrected chi connectivity index (χ4v) is 1.45. The van der Waals surface area contributed by atoms with Crippen LogP contribution in [-0.4, -0.2) is 20.9 Å². The lowest BCUT2D eigenvalue weighted by Crippen LogP contribution is -2.06. The summed E-state index contributed by atoms with van der Waals surface area (Å²) in [4.78, 5) is 10.9. The van der Waals surface area contributed by atoms with Gasteiger partial charge in [-0.25, -0.2) is 4.68 Å². The van der Waals surface area contributed by atoms with E-state index < -0.39 is 0 Å². The highest BCUT2D eigenvalue weighted by Crippen LogP contribution is 2.13. The number of benzene rings is 1. The van der Waals surface area contributed by atoms with Crippen LogP contribution in [0.5, 0.6) is 0 Å². The maximum atomic E-state index is 10.9. The number of amides is 1. The van der Waals surface area contributed by atoms with Crippen molar-refractivity contribution in [1.29, 1.82) is 0 Å². The number of aromatic nitrogens is 3. The highest BCUT2D eigenvalue weighted by Gasteiger charge is 2.02. The van der Waals surface area contributed by atoms with Crippen molar-refractivity contribution in [3.63, 3.8) is 0 Å². The summed E-state index contributed by atoms with van der Waals surface area (Å²) in [5.74, 6) is -0.108. The van der Waals surface area contributed by atoms with Gasteiger partial charge in [-0.2, -0.15) is 0 Å². The molecular formula is C11H13N5O. The first-order valence-corrected chi connectivity index (χ1v) is 5.18. The van der Waals surface area contributed by atoms with Gasteiger partial charge in [0.05, 0.1) is 17.6 Å². The van der Waals surface area contributed by atoms with E-state index in [-0.39, 0.29) is 5.91 Å². The van der Waals surface area contributed by atoms with E-state index in [1.165, 1.54) is 6.92 Å². The predicted molar refractivity (Wildman–Crippen MR) is 63.6 cm³/mol. The minimum atomic E-state index is -0.108. The zero-order valence-electron chi connectivity index (χ0n) is 9.42. The Morgan fingerprint density at radius 3 is 3.00 bits per heavy atom. The Morgan fingerprint density at radius 1 is 1.53 bits per heavy atom. The molecule has 0 aliphatic heterocycles. The fraction of sp³-hybridized carbons (Fsp3) is 0.182. The predicted octanol–water partition coefficient (Wildman–Crippen LogP) is 0.684. The van der Waals surface area contributed by atoms with Gasteiger partial charge in [-0.3, -0.25) is 4.79 Å². The van der Waals surface area contributed by atoms with Gasteiger partial charge in [0.1, 0.15) is 0 Å². The second-order valence-electron chi connectivity index (χ2n) is 3.59. The van der Waals surface area contributed by atoms with Crippen LogP contribution in [0.2, 0.25) is 0 Å². The number of nitrogens with two attached hydrogens (primary N) is 1. The Balaban J connectivity index is 2.29. The molecule has 0 bridgehead atoms. The Kier molecular flexibility index (Phi) is 3.15. The molecule has 1 aromatic heterocycles. The molecule has 1 amide bonds. The third kappa shape index (κ3) is 2.67. The molecule has 0 unspecified atom stereocenters. The van der Waals surface area contributed by atoms with Crippen molar-refractivity contribution in [2.45, 2.75) is 13.5 Å². The average Bonchev–Trinajstić information content (AvgIpc) is 2.77.